The van der Waals surface area contributed by atoms with Gasteiger partial charge in [0.2, 0.25) is 0 Å². The molecule has 2 aromatic rings. The average molecular weight is 615 g/mol. The molecule has 0 radical (unpaired) electrons. The quantitative estimate of drug-likeness (QED) is 0.193. The third-order valence-corrected chi connectivity index (χ3v) is 18.6. The van der Waals surface area contributed by atoms with Gasteiger partial charge in [0.05, 0.1) is 22.3 Å². The summed E-state index contributed by atoms with van der Waals surface area (Å²) in [4.78, 5) is 53.3. The Morgan fingerprint density at radius 2 is 0.805 bits per heavy atom. The fourth-order valence-corrected chi connectivity index (χ4v) is 19.7. The first-order chi connectivity index (χ1) is 18.2. The maximum Gasteiger partial charge on any atom is 0.311 e. The minimum absolute atomic E-state index is 0. The maximum atomic E-state index is 12.6. The summed E-state index contributed by atoms with van der Waals surface area (Å²) in [6.45, 7) is 13.5. The van der Waals surface area contributed by atoms with Gasteiger partial charge in [0.1, 0.15) is 0 Å². The number of benzene rings is 2. The summed E-state index contributed by atoms with van der Waals surface area (Å²) < 4.78 is 13.4. The highest BCUT2D eigenvalue weighted by atomic mass is 28.5. The van der Waals surface area contributed by atoms with E-state index in [9.17, 15) is 19.2 Å². The number of hydrogen-bond acceptors (Lipinski definition) is 6. The first-order valence-corrected chi connectivity index (χ1v) is 22.6. The highest BCUT2D eigenvalue weighted by molar-refractivity contribution is 6.87. The van der Waals surface area contributed by atoms with E-state index in [0.29, 0.717) is 48.2 Å². The largest absolute Gasteiger partial charge is 0.437 e. The molecule has 0 fully saturated rings. The molecule has 2 heterocycles. The van der Waals surface area contributed by atoms with Gasteiger partial charge in [-0.15, -0.1) is 0 Å². The molecule has 4 amide bonds. The van der Waals surface area contributed by atoms with Gasteiger partial charge >= 0.3 is 8.56 Å². The van der Waals surface area contributed by atoms with Crippen LogP contribution in [0.25, 0.3) is 0 Å². The Morgan fingerprint density at radius 1 is 0.537 bits per heavy atom. The molecule has 0 saturated heterocycles. The number of hydrogen-bond donors (Lipinski definition) is 0. The van der Waals surface area contributed by atoms with Crippen LogP contribution >= 0.6 is 0 Å². The molecule has 0 unspecified atom stereocenters. The normalized spacial score (nSPS) is 15.1. The summed E-state index contributed by atoms with van der Waals surface area (Å²) >= 11 is 0. The van der Waals surface area contributed by atoms with Crippen LogP contribution in [-0.2, 0) is 8.23 Å². The lowest BCUT2D eigenvalue weighted by Gasteiger charge is -2.39. The van der Waals surface area contributed by atoms with Gasteiger partial charge < -0.3 is 8.23 Å². The molecule has 41 heavy (non-hydrogen) atoms. The van der Waals surface area contributed by atoms with Gasteiger partial charge in [0.15, 0.2) is 16.6 Å². The van der Waals surface area contributed by atoms with E-state index in [1.165, 1.54) is 9.80 Å². The Kier molecular flexibility index (Phi) is 11.0. The second-order valence-corrected chi connectivity index (χ2v) is 24.4. The SMILES string of the molecule is C.C.C[Si](C)(CCCN1C(=O)c2ccccc2C1=O)O[Si](C)(C)O[Si](C)(C)CCCN1C(=O)c2ccccc2C1=O. The Labute approximate surface area is 248 Å². The molecule has 2 aromatic carbocycles. The lowest BCUT2D eigenvalue weighted by Crippen LogP contribution is -2.52. The van der Waals surface area contributed by atoms with Gasteiger partial charge in [-0.1, -0.05) is 39.1 Å². The number of amides is 4. The van der Waals surface area contributed by atoms with Gasteiger partial charge in [0, 0.05) is 13.1 Å². The number of carbonyl (C=O) groups is 4. The van der Waals surface area contributed by atoms with Crippen molar-refractivity contribution in [2.75, 3.05) is 13.1 Å². The Hall–Kier alpha value is -2.71. The first kappa shape index (κ1) is 34.5. The smallest absolute Gasteiger partial charge is 0.311 e. The van der Waals surface area contributed by atoms with E-state index in [-0.39, 0.29) is 38.5 Å². The first-order valence-electron chi connectivity index (χ1n) is 13.5. The maximum absolute atomic E-state index is 12.6. The fourth-order valence-electron chi connectivity index (χ4n) is 5.66. The van der Waals surface area contributed by atoms with Gasteiger partial charge in [-0.2, -0.15) is 0 Å². The van der Waals surface area contributed by atoms with Crippen LogP contribution in [0.2, 0.25) is 51.4 Å². The minimum atomic E-state index is -2.47. The van der Waals surface area contributed by atoms with E-state index >= 15 is 0 Å². The molecule has 0 saturated carbocycles. The number of nitrogens with zero attached hydrogens (tertiary/aromatic N) is 2. The zero-order valence-electron chi connectivity index (χ0n) is 23.7. The van der Waals surface area contributed by atoms with E-state index in [1.54, 1.807) is 48.5 Å². The predicted molar refractivity (Wildman–Crippen MR) is 171 cm³/mol. The molecule has 224 valence electrons. The van der Waals surface area contributed by atoms with Crippen LogP contribution in [0.4, 0.5) is 0 Å². The van der Waals surface area contributed by atoms with Crippen LogP contribution in [-0.4, -0.2) is 71.7 Å². The van der Waals surface area contributed by atoms with Crippen molar-refractivity contribution in [3.05, 3.63) is 70.8 Å². The molecule has 0 bridgehead atoms. The van der Waals surface area contributed by atoms with Crippen molar-refractivity contribution in [1.82, 2.24) is 9.80 Å². The topological polar surface area (TPSA) is 93.2 Å². The summed E-state index contributed by atoms with van der Waals surface area (Å²) in [6.07, 6.45) is 1.38. The fraction of sp³-hybridized carbons (Fsp3) is 0.467. The molecular formula is C30H46N2O6Si3. The third kappa shape index (κ3) is 7.77. The summed E-state index contributed by atoms with van der Waals surface area (Å²) in [7, 11) is -6.72. The van der Waals surface area contributed by atoms with Crippen LogP contribution in [0.1, 0.15) is 69.1 Å². The number of rotatable bonds is 12. The molecule has 0 atom stereocenters. The number of imide groups is 2. The van der Waals surface area contributed by atoms with Crippen LogP contribution in [0.15, 0.2) is 48.5 Å². The molecule has 4 rings (SSSR count). The number of fused-ring (bicyclic) bond motifs is 2. The van der Waals surface area contributed by atoms with Crippen LogP contribution in [0.5, 0.6) is 0 Å². The lowest BCUT2D eigenvalue weighted by atomic mass is 10.1. The van der Waals surface area contributed by atoms with E-state index in [0.717, 1.165) is 12.1 Å². The highest BCUT2D eigenvalue weighted by Crippen LogP contribution is 2.29. The molecular weight excluding hydrogens is 569 g/mol. The van der Waals surface area contributed by atoms with Crippen molar-refractivity contribution in [3.8, 4) is 0 Å². The average Bonchev–Trinajstić information content (AvgIpc) is 3.23. The van der Waals surface area contributed by atoms with Gasteiger partial charge in [0.25, 0.3) is 23.6 Å². The molecule has 2 aliphatic heterocycles. The summed E-state index contributed by atoms with van der Waals surface area (Å²) in [5.74, 6) is -0.878. The summed E-state index contributed by atoms with van der Waals surface area (Å²) in [5.41, 5.74) is 1.92. The van der Waals surface area contributed by atoms with Gasteiger partial charge in [-0.05, 0) is 88.5 Å². The van der Waals surface area contributed by atoms with Crippen molar-refractivity contribution >= 4 is 48.8 Å². The third-order valence-electron chi connectivity index (χ3n) is 7.12. The summed E-state index contributed by atoms with van der Waals surface area (Å²) in [6, 6.07) is 15.5. The van der Waals surface area contributed by atoms with Crippen molar-refractivity contribution in [3.63, 3.8) is 0 Å². The van der Waals surface area contributed by atoms with Crippen molar-refractivity contribution in [1.29, 1.82) is 0 Å². The second-order valence-electron chi connectivity index (χ2n) is 11.9. The van der Waals surface area contributed by atoms with Crippen LogP contribution in [0.3, 0.4) is 0 Å². The zero-order valence-corrected chi connectivity index (χ0v) is 26.7. The zero-order chi connectivity index (χ0) is 28.6. The lowest BCUT2D eigenvalue weighted by molar-refractivity contribution is 0.0638. The monoisotopic (exact) mass is 614 g/mol. The summed E-state index contributed by atoms with van der Waals surface area (Å²) in [5, 5.41) is 0. The predicted octanol–water partition coefficient (Wildman–Crippen LogP) is 6.78. The van der Waals surface area contributed by atoms with Crippen LogP contribution in [0, 0.1) is 0 Å². The number of carbonyl (C=O) groups excluding carboxylic acids is 4. The van der Waals surface area contributed by atoms with E-state index < -0.39 is 25.2 Å². The van der Waals surface area contributed by atoms with Crippen LogP contribution < -0.4 is 0 Å². The molecule has 11 heteroatoms. The minimum Gasteiger partial charge on any atom is -0.437 e. The standard InChI is InChI=1S/C28H38N2O6Si3.2CH4/c1-37(2,19-11-17-29-25(31)21-13-7-8-14-22(21)26(29)32)35-39(5,6)36-38(3,4)20-12-18-30-27(33)23-15-9-10-16-24(23)28(30)34;;/h7-10,13-16H,11-12,17-20H2,1-6H3;2*1H4. The molecule has 2 aliphatic rings. The van der Waals surface area contributed by atoms with E-state index in [2.05, 4.69) is 39.3 Å². The Balaban J connectivity index is 0.00000294. The van der Waals surface area contributed by atoms with E-state index in [1.807, 2.05) is 0 Å². The van der Waals surface area contributed by atoms with Crippen molar-refractivity contribution in [2.45, 2.75) is 79.1 Å². The molecule has 0 aromatic heterocycles. The van der Waals surface area contributed by atoms with E-state index in [4.69, 9.17) is 8.23 Å². The van der Waals surface area contributed by atoms with Gasteiger partial charge in [-0.3, -0.25) is 29.0 Å². The molecule has 0 spiro atoms. The Bertz CT molecular complexity index is 1140. The molecule has 8 nitrogen and oxygen atoms in total. The molecule has 0 aliphatic carbocycles. The Morgan fingerprint density at radius 3 is 1.07 bits per heavy atom. The van der Waals surface area contributed by atoms with Crippen molar-refractivity contribution < 1.29 is 27.4 Å². The van der Waals surface area contributed by atoms with Crippen molar-refractivity contribution in [2.24, 2.45) is 0 Å². The highest BCUT2D eigenvalue weighted by Gasteiger charge is 2.41. The second kappa shape index (κ2) is 13.1. The van der Waals surface area contributed by atoms with Gasteiger partial charge in [-0.25, -0.2) is 0 Å². The molecule has 0 N–H and O–H groups in total.